The Morgan fingerprint density at radius 2 is 2.17 bits per heavy atom. The SMILES string of the molecule is Cc1nccn1CCCc1nc([C@H]2CCO[C@@H]2C(C)(C)C)no1. The molecule has 2 atom stereocenters. The van der Waals surface area contributed by atoms with Crippen molar-refractivity contribution < 1.29 is 9.26 Å². The fraction of sp³-hybridized carbons (Fsp3) is 0.706. The maximum absolute atomic E-state index is 5.91. The summed E-state index contributed by atoms with van der Waals surface area (Å²) < 4.78 is 13.5. The molecule has 3 rings (SSSR count). The van der Waals surface area contributed by atoms with Crippen LogP contribution in [-0.4, -0.2) is 32.4 Å². The van der Waals surface area contributed by atoms with Gasteiger partial charge in [0.1, 0.15) is 5.82 Å². The molecule has 2 aromatic rings. The highest BCUT2D eigenvalue weighted by atomic mass is 16.5. The quantitative estimate of drug-likeness (QED) is 0.847. The standard InChI is InChI=1S/C17H26N4O2/c1-12-18-8-10-21(12)9-5-6-14-19-16(20-23-14)13-7-11-22-15(13)17(2,3)4/h8,10,13,15H,5-7,9,11H2,1-4H3/t13-,15-/m0/s1. The van der Waals surface area contributed by atoms with E-state index in [-0.39, 0.29) is 17.4 Å². The molecule has 6 nitrogen and oxygen atoms in total. The van der Waals surface area contributed by atoms with Gasteiger partial charge in [-0.3, -0.25) is 0 Å². The van der Waals surface area contributed by atoms with Crippen molar-refractivity contribution in [3.05, 3.63) is 29.9 Å². The third kappa shape index (κ3) is 3.63. The Balaban J connectivity index is 1.59. The van der Waals surface area contributed by atoms with E-state index in [0.717, 1.165) is 50.0 Å². The predicted molar refractivity (Wildman–Crippen MR) is 86.1 cm³/mol. The van der Waals surface area contributed by atoms with Gasteiger partial charge in [-0.25, -0.2) is 4.98 Å². The molecule has 1 aliphatic heterocycles. The second-order valence-corrected chi connectivity index (χ2v) is 7.37. The zero-order valence-electron chi connectivity index (χ0n) is 14.5. The van der Waals surface area contributed by atoms with Crippen LogP contribution in [0, 0.1) is 12.3 Å². The summed E-state index contributed by atoms with van der Waals surface area (Å²) in [5.74, 6) is 2.80. The fourth-order valence-corrected chi connectivity index (χ4v) is 3.27. The lowest BCUT2D eigenvalue weighted by molar-refractivity contribution is 0.0193. The van der Waals surface area contributed by atoms with Gasteiger partial charge in [-0.15, -0.1) is 0 Å². The highest BCUT2D eigenvalue weighted by molar-refractivity contribution is 5.04. The minimum atomic E-state index is 0.0842. The lowest BCUT2D eigenvalue weighted by Crippen LogP contribution is -2.30. The van der Waals surface area contributed by atoms with Crippen LogP contribution in [0.4, 0.5) is 0 Å². The van der Waals surface area contributed by atoms with Gasteiger partial charge in [-0.05, 0) is 25.2 Å². The van der Waals surface area contributed by atoms with Crippen molar-refractivity contribution in [2.75, 3.05) is 6.61 Å². The summed E-state index contributed by atoms with van der Waals surface area (Å²) in [5.41, 5.74) is 0.0842. The fourth-order valence-electron chi connectivity index (χ4n) is 3.27. The van der Waals surface area contributed by atoms with E-state index in [1.807, 2.05) is 19.3 Å². The second kappa shape index (κ2) is 6.43. The van der Waals surface area contributed by atoms with Gasteiger partial charge >= 0.3 is 0 Å². The molecule has 1 fully saturated rings. The van der Waals surface area contributed by atoms with Gasteiger partial charge in [0.25, 0.3) is 0 Å². The molecule has 0 aromatic carbocycles. The molecule has 0 N–H and O–H groups in total. The van der Waals surface area contributed by atoms with Crippen molar-refractivity contribution >= 4 is 0 Å². The topological polar surface area (TPSA) is 66.0 Å². The molecule has 2 aromatic heterocycles. The number of aromatic nitrogens is 4. The van der Waals surface area contributed by atoms with E-state index in [4.69, 9.17) is 9.26 Å². The molecule has 1 saturated heterocycles. The monoisotopic (exact) mass is 318 g/mol. The van der Waals surface area contributed by atoms with Crippen molar-refractivity contribution in [2.24, 2.45) is 5.41 Å². The summed E-state index contributed by atoms with van der Waals surface area (Å²) in [6.45, 7) is 10.3. The van der Waals surface area contributed by atoms with E-state index in [1.54, 1.807) is 0 Å². The van der Waals surface area contributed by atoms with Gasteiger partial charge in [-0.2, -0.15) is 4.98 Å². The highest BCUT2D eigenvalue weighted by Gasteiger charge is 2.40. The van der Waals surface area contributed by atoms with E-state index in [9.17, 15) is 0 Å². The highest BCUT2D eigenvalue weighted by Crippen LogP contribution is 2.39. The molecule has 1 aliphatic rings. The van der Waals surface area contributed by atoms with Crippen molar-refractivity contribution in [3.8, 4) is 0 Å². The molecule has 126 valence electrons. The van der Waals surface area contributed by atoms with Crippen LogP contribution in [-0.2, 0) is 17.7 Å². The predicted octanol–water partition coefficient (Wildman–Crippen LogP) is 3.13. The first-order valence-electron chi connectivity index (χ1n) is 8.37. The van der Waals surface area contributed by atoms with Crippen LogP contribution in [0.1, 0.15) is 57.1 Å². The van der Waals surface area contributed by atoms with Gasteiger partial charge in [0.15, 0.2) is 5.82 Å². The number of ether oxygens (including phenoxy) is 1. The van der Waals surface area contributed by atoms with E-state index < -0.39 is 0 Å². The summed E-state index contributed by atoms with van der Waals surface area (Å²) in [6.07, 6.45) is 6.70. The van der Waals surface area contributed by atoms with Gasteiger partial charge < -0.3 is 13.8 Å². The summed E-state index contributed by atoms with van der Waals surface area (Å²) in [6, 6.07) is 0. The zero-order chi connectivity index (χ0) is 16.4. The Kier molecular flexibility index (Phi) is 4.53. The number of imidazole rings is 1. The molecule has 6 heteroatoms. The van der Waals surface area contributed by atoms with Crippen molar-refractivity contribution in [3.63, 3.8) is 0 Å². The zero-order valence-corrected chi connectivity index (χ0v) is 14.5. The molecule has 0 spiro atoms. The van der Waals surface area contributed by atoms with Crippen LogP contribution in [0.5, 0.6) is 0 Å². The van der Waals surface area contributed by atoms with Crippen molar-refractivity contribution in [2.45, 2.75) is 65.5 Å². The van der Waals surface area contributed by atoms with Gasteiger partial charge in [-0.1, -0.05) is 25.9 Å². The Morgan fingerprint density at radius 1 is 1.35 bits per heavy atom. The lowest BCUT2D eigenvalue weighted by Gasteiger charge is -2.29. The first-order valence-corrected chi connectivity index (χ1v) is 8.37. The molecule has 23 heavy (non-hydrogen) atoms. The average Bonchev–Trinajstić information content (AvgIpc) is 3.18. The molecule has 0 radical (unpaired) electrons. The number of nitrogens with zero attached hydrogens (tertiary/aromatic N) is 4. The number of aryl methyl sites for hydroxylation is 3. The molecule has 0 bridgehead atoms. The summed E-state index contributed by atoms with van der Waals surface area (Å²) >= 11 is 0. The maximum atomic E-state index is 5.91. The molecule has 0 aliphatic carbocycles. The first kappa shape index (κ1) is 16.2. The molecule has 0 saturated carbocycles. The molecule has 3 heterocycles. The molecule has 0 unspecified atom stereocenters. The molecular weight excluding hydrogens is 292 g/mol. The van der Waals surface area contributed by atoms with E-state index in [0.29, 0.717) is 0 Å². The Labute approximate surface area is 137 Å². The largest absolute Gasteiger partial charge is 0.377 e. The molecule has 0 amide bonds. The number of hydrogen-bond donors (Lipinski definition) is 0. The van der Waals surface area contributed by atoms with Crippen LogP contribution >= 0.6 is 0 Å². The van der Waals surface area contributed by atoms with Crippen LogP contribution in [0.3, 0.4) is 0 Å². The van der Waals surface area contributed by atoms with Gasteiger partial charge in [0.05, 0.1) is 12.0 Å². The Morgan fingerprint density at radius 3 is 2.87 bits per heavy atom. The van der Waals surface area contributed by atoms with Crippen LogP contribution in [0.25, 0.3) is 0 Å². The Bertz CT molecular complexity index is 641. The van der Waals surface area contributed by atoms with Crippen molar-refractivity contribution in [1.29, 1.82) is 0 Å². The average molecular weight is 318 g/mol. The van der Waals surface area contributed by atoms with Crippen molar-refractivity contribution in [1.82, 2.24) is 19.7 Å². The maximum Gasteiger partial charge on any atom is 0.226 e. The minimum Gasteiger partial charge on any atom is -0.377 e. The van der Waals surface area contributed by atoms with Crippen LogP contribution in [0.15, 0.2) is 16.9 Å². The van der Waals surface area contributed by atoms with E-state index in [1.165, 1.54) is 0 Å². The molecular formula is C17H26N4O2. The van der Waals surface area contributed by atoms with E-state index in [2.05, 4.69) is 40.5 Å². The van der Waals surface area contributed by atoms with E-state index >= 15 is 0 Å². The van der Waals surface area contributed by atoms with Gasteiger partial charge in [0, 0.05) is 32.0 Å². The van der Waals surface area contributed by atoms with Crippen LogP contribution < -0.4 is 0 Å². The summed E-state index contributed by atoms with van der Waals surface area (Å²) in [4.78, 5) is 8.84. The lowest BCUT2D eigenvalue weighted by atomic mass is 9.81. The van der Waals surface area contributed by atoms with Crippen LogP contribution in [0.2, 0.25) is 0 Å². The third-order valence-corrected chi connectivity index (χ3v) is 4.47. The number of rotatable bonds is 5. The summed E-state index contributed by atoms with van der Waals surface area (Å²) in [7, 11) is 0. The first-order chi connectivity index (χ1) is 10.9. The normalized spacial score (nSPS) is 21.9. The second-order valence-electron chi connectivity index (χ2n) is 7.37. The smallest absolute Gasteiger partial charge is 0.226 e. The third-order valence-electron chi connectivity index (χ3n) is 4.47. The number of hydrogen-bond acceptors (Lipinski definition) is 5. The summed E-state index contributed by atoms with van der Waals surface area (Å²) in [5, 5.41) is 4.21. The Hall–Kier alpha value is -1.69. The minimum absolute atomic E-state index is 0.0842. The van der Waals surface area contributed by atoms with Gasteiger partial charge in [0.2, 0.25) is 5.89 Å².